The van der Waals surface area contributed by atoms with Crippen molar-refractivity contribution in [1.82, 2.24) is 10.6 Å². The molecule has 2 rings (SSSR count). The van der Waals surface area contributed by atoms with E-state index >= 15 is 0 Å². The lowest BCUT2D eigenvalue weighted by Gasteiger charge is -2.15. The average molecular weight is 453 g/mol. The van der Waals surface area contributed by atoms with Gasteiger partial charge in [-0.3, -0.25) is 4.99 Å². The van der Waals surface area contributed by atoms with E-state index in [-0.39, 0.29) is 30.1 Å². The Bertz CT molecular complexity index is 385. The van der Waals surface area contributed by atoms with Crippen LogP contribution >= 0.6 is 24.0 Å². The summed E-state index contributed by atoms with van der Waals surface area (Å²) in [5.41, 5.74) is 1.48. The molecule has 1 fully saturated rings. The lowest BCUT2D eigenvalue weighted by molar-refractivity contribution is 0.0424. The molecule has 2 aliphatic rings. The van der Waals surface area contributed by atoms with E-state index in [1.165, 1.54) is 5.57 Å². The Hall–Kier alpha value is -0.380. The standard InChI is InChI=1S/C17H31N3O3.HI/c1-2-18-17(20-9-4-15-5-11-21-12-6-15)19-8-3-10-23-16-7-13-22-14-16;/h5,16H,2-4,6-14H2,1H3,(H2,18,19,20);1H. The topological polar surface area (TPSA) is 64.1 Å². The zero-order valence-electron chi connectivity index (χ0n) is 14.7. The Morgan fingerprint density at radius 3 is 2.96 bits per heavy atom. The molecule has 140 valence electrons. The van der Waals surface area contributed by atoms with Crippen LogP contribution < -0.4 is 10.6 Å². The third-order valence-electron chi connectivity index (χ3n) is 3.95. The van der Waals surface area contributed by atoms with Crippen LogP contribution in [0.1, 0.15) is 32.6 Å². The minimum atomic E-state index is 0. The summed E-state index contributed by atoms with van der Waals surface area (Å²) in [6.07, 6.45) is 6.55. The second-order valence-corrected chi connectivity index (χ2v) is 5.83. The van der Waals surface area contributed by atoms with Crippen molar-refractivity contribution in [2.75, 3.05) is 52.7 Å². The van der Waals surface area contributed by atoms with Gasteiger partial charge in [-0.25, -0.2) is 0 Å². The van der Waals surface area contributed by atoms with Crippen LogP contribution in [0.4, 0.5) is 0 Å². The summed E-state index contributed by atoms with van der Waals surface area (Å²) in [6, 6.07) is 0. The van der Waals surface area contributed by atoms with E-state index in [0.29, 0.717) is 0 Å². The fraction of sp³-hybridized carbons (Fsp3) is 0.824. The molecule has 0 saturated carbocycles. The second-order valence-electron chi connectivity index (χ2n) is 5.83. The van der Waals surface area contributed by atoms with Gasteiger partial charge in [-0.2, -0.15) is 0 Å². The number of halogens is 1. The van der Waals surface area contributed by atoms with Crippen LogP contribution in [-0.4, -0.2) is 64.7 Å². The molecule has 0 radical (unpaired) electrons. The molecule has 1 atom stereocenters. The highest BCUT2D eigenvalue weighted by molar-refractivity contribution is 14.0. The maximum absolute atomic E-state index is 5.75. The smallest absolute Gasteiger partial charge is 0.191 e. The van der Waals surface area contributed by atoms with Crippen molar-refractivity contribution in [2.45, 2.75) is 38.7 Å². The lowest BCUT2D eigenvalue weighted by Crippen LogP contribution is -2.38. The Labute approximate surface area is 162 Å². The molecule has 2 heterocycles. The molecular formula is C17H32IN3O3. The summed E-state index contributed by atoms with van der Waals surface area (Å²) in [7, 11) is 0. The molecule has 1 saturated heterocycles. The number of guanidine groups is 1. The first-order valence-corrected chi connectivity index (χ1v) is 8.85. The number of ether oxygens (including phenoxy) is 3. The number of hydrogen-bond donors (Lipinski definition) is 2. The summed E-state index contributed by atoms with van der Waals surface area (Å²) < 4.78 is 16.4. The SMILES string of the molecule is CCNC(=NCCCOC1CCOC1)NCCC1=CCOCC1.I. The minimum absolute atomic E-state index is 0. The van der Waals surface area contributed by atoms with Crippen LogP contribution in [-0.2, 0) is 14.2 Å². The van der Waals surface area contributed by atoms with Crippen LogP contribution in [0.25, 0.3) is 0 Å². The molecule has 1 unspecified atom stereocenters. The predicted molar refractivity (Wildman–Crippen MR) is 107 cm³/mol. The average Bonchev–Trinajstić information content (AvgIpc) is 3.09. The fourth-order valence-corrected chi connectivity index (χ4v) is 2.63. The monoisotopic (exact) mass is 453 g/mol. The third-order valence-corrected chi connectivity index (χ3v) is 3.95. The molecule has 6 nitrogen and oxygen atoms in total. The first-order valence-electron chi connectivity index (χ1n) is 8.85. The van der Waals surface area contributed by atoms with Gasteiger partial charge in [0.05, 0.1) is 25.9 Å². The molecule has 2 aliphatic heterocycles. The molecule has 0 spiro atoms. The highest BCUT2D eigenvalue weighted by Gasteiger charge is 2.15. The zero-order valence-corrected chi connectivity index (χ0v) is 17.1. The van der Waals surface area contributed by atoms with Crippen LogP contribution in [0.3, 0.4) is 0 Å². The molecular weight excluding hydrogens is 421 g/mol. The van der Waals surface area contributed by atoms with E-state index in [2.05, 4.69) is 28.6 Å². The van der Waals surface area contributed by atoms with Crippen molar-refractivity contribution < 1.29 is 14.2 Å². The summed E-state index contributed by atoms with van der Waals surface area (Å²) in [6.45, 7) is 8.59. The Kier molecular flexibility index (Phi) is 12.5. The number of nitrogens with zero attached hydrogens (tertiary/aromatic N) is 1. The van der Waals surface area contributed by atoms with Gasteiger partial charge in [-0.15, -0.1) is 24.0 Å². The van der Waals surface area contributed by atoms with Crippen molar-refractivity contribution in [3.63, 3.8) is 0 Å². The largest absolute Gasteiger partial charge is 0.379 e. The van der Waals surface area contributed by atoms with Gasteiger partial charge in [0.25, 0.3) is 0 Å². The van der Waals surface area contributed by atoms with E-state index in [9.17, 15) is 0 Å². The van der Waals surface area contributed by atoms with E-state index in [0.717, 1.165) is 84.3 Å². The molecule has 0 aromatic heterocycles. The summed E-state index contributed by atoms with van der Waals surface area (Å²) in [5, 5.41) is 6.68. The van der Waals surface area contributed by atoms with Gasteiger partial charge in [-0.05, 0) is 32.6 Å². The summed E-state index contributed by atoms with van der Waals surface area (Å²) >= 11 is 0. The van der Waals surface area contributed by atoms with Crippen LogP contribution in [0, 0.1) is 0 Å². The van der Waals surface area contributed by atoms with Gasteiger partial charge in [0.1, 0.15) is 0 Å². The first-order chi connectivity index (χ1) is 11.4. The highest BCUT2D eigenvalue weighted by Crippen LogP contribution is 2.10. The van der Waals surface area contributed by atoms with Gasteiger partial charge >= 0.3 is 0 Å². The first kappa shape index (κ1) is 21.7. The fourth-order valence-electron chi connectivity index (χ4n) is 2.63. The van der Waals surface area contributed by atoms with E-state index < -0.39 is 0 Å². The minimum Gasteiger partial charge on any atom is -0.379 e. The van der Waals surface area contributed by atoms with Crippen LogP contribution in [0.2, 0.25) is 0 Å². The van der Waals surface area contributed by atoms with Crippen LogP contribution in [0.15, 0.2) is 16.6 Å². The van der Waals surface area contributed by atoms with Gasteiger partial charge in [-0.1, -0.05) is 11.6 Å². The molecule has 2 N–H and O–H groups in total. The lowest BCUT2D eigenvalue weighted by atomic mass is 10.1. The molecule has 0 aromatic rings. The number of hydrogen-bond acceptors (Lipinski definition) is 4. The van der Waals surface area contributed by atoms with Gasteiger partial charge < -0.3 is 24.8 Å². The Morgan fingerprint density at radius 2 is 2.25 bits per heavy atom. The Morgan fingerprint density at radius 1 is 1.33 bits per heavy atom. The molecule has 0 aliphatic carbocycles. The number of aliphatic imine (C=N–C) groups is 1. The van der Waals surface area contributed by atoms with Gasteiger partial charge in [0.2, 0.25) is 0 Å². The quantitative estimate of drug-likeness (QED) is 0.184. The van der Waals surface area contributed by atoms with Gasteiger partial charge in [0.15, 0.2) is 5.96 Å². The molecule has 7 heteroatoms. The molecule has 24 heavy (non-hydrogen) atoms. The Balaban J connectivity index is 0.00000288. The molecule has 0 bridgehead atoms. The number of rotatable bonds is 9. The normalized spacial score (nSPS) is 21.1. The van der Waals surface area contributed by atoms with Crippen molar-refractivity contribution >= 4 is 29.9 Å². The molecule has 0 amide bonds. The van der Waals surface area contributed by atoms with Gasteiger partial charge in [0, 0.05) is 32.8 Å². The highest BCUT2D eigenvalue weighted by atomic mass is 127. The van der Waals surface area contributed by atoms with Crippen molar-refractivity contribution in [3.8, 4) is 0 Å². The van der Waals surface area contributed by atoms with E-state index in [1.54, 1.807) is 0 Å². The van der Waals surface area contributed by atoms with Crippen LogP contribution in [0.5, 0.6) is 0 Å². The zero-order chi connectivity index (χ0) is 16.2. The number of nitrogens with one attached hydrogen (secondary N) is 2. The molecule has 0 aromatic carbocycles. The van der Waals surface area contributed by atoms with E-state index in [1.807, 2.05) is 0 Å². The third kappa shape index (κ3) is 9.19. The maximum Gasteiger partial charge on any atom is 0.191 e. The summed E-state index contributed by atoms with van der Waals surface area (Å²) in [4.78, 5) is 4.60. The second kappa shape index (κ2) is 13.9. The maximum atomic E-state index is 5.75. The van der Waals surface area contributed by atoms with E-state index in [4.69, 9.17) is 14.2 Å². The van der Waals surface area contributed by atoms with Crippen molar-refractivity contribution in [2.24, 2.45) is 4.99 Å². The van der Waals surface area contributed by atoms with Crippen molar-refractivity contribution in [3.05, 3.63) is 11.6 Å². The predicted octanol–water partition coefficient (Wildman–Crippen LogP) is 2.09. The van der Waals surface area contributed by atoms with Crippen molar-refractivity contribution in [1.29, 1.82) is 0 Å². The summed E-state index contributed by atoms with van der Waals surface area (Å²) in [5.74, 6) is 0.893.